The highest BCUT2D eigenvalue weighted by molar-refractivity contribution is 6.13. The van der Waals surface area contributed by atoms with Crippen LogP contribution in [-0.4, -0.2) is 5.71 Å². The average molecular weight is 286 g/mol. The van der Waals surface area contributed by atoms with Crippen molar-refractivity contribution in [2.45, 2.75) is 6.92 Å². The third-order valence-corrected chi connectivity index (χ3v) is 3.44. The predicted octanol–water partition coefficient (Wildman–Crippen LogP) is 4.86. The van der Waals surface area contributed by atoms with Gasteiger partial charge in [-0.3, -0.25) is 5.43 Å². The summed E-state index contributed by atoms with van der Waals surface area (Å²) in [7, 11) is 0. The molecule has 0 aliphatic heterocycles. The molecule has 0 heterocycles. The van der Waals surface area contributed by atoms with Crippen molar-refractivity contribution >= 4 is 11.4 Å². The van der Waals surface area contributed by atoms with Gasteiger partial charge in [0.1, 0.15) is 0 Å². The first-order chi connectivity index (χ1) is 10.8. The molecule has 3 aromatic rings. The highest BCUT2D eigenvalue weighted by Crippen LogP contribution is 2.13. The largest absolute Gasteiger partial charge is 0.278 e. The Balaban J connectivity index is 1.95. The third-order valence-electron chi connectivity index (χ3n) is 3.44. The van der Waals surface area contributed by atoms with E-state index in [2.05, 4.69) is 53.8 Å². The van der Waals surface area contributed by atoms with E-state index in [-0.39, 0.29) is 0 Å². The van der Waals surface area contributed by atoms with Gasteiger partial charge in [-0.15, -0.1) is 0 Å². The lowest BCUT2D eigenvalue weighted by atomic mass is 10.0. The summed E-state index contributed by atoms with van der Waals surface area (Å²) in [4.78, 5) is 0. The number of aryl methyl sites for hydroxylation is 1. The van der Waals surface area contributed by atoms with E-state index in [9.17, 15) is 0 Å². The molecule has 0 atom stereocenters. The summed E-state index contributed by atoms with van der Waals surface area (Å²) in [6.07, 6.45) is 0. The molecule has 2 heteroatoms. The molecule has 0 amide bonds. The van der Waals surface area contributed by atoms with Crippen LogP contribution in [0.4, 0.5) is 5.69 Å². The number of anilines is 1. The van der Waals surface area contributed by atoms with Crippen molar-refractivity contribution in [3.05, 3.63) is 102 Å². The van der Waals surface area contributed by atoms with Gasteiger partial charge < -0.3 is 0 Å². The van der Waals surface area contributed by atoms with Crippen LogP contribution in [-0.2, 0) is 0 Å². The van der Waals surface area contributed by atoms with Crippen molar-refractivity contribution in [2.75, 3.05) is 5.43 Å². The molecule has 0 spiro atoms. The number of rotatable bonds is 4. The molecule has 0 bridgehead atoms. The van der Waals surface area contributed by atoms with Crippen molar-refractivity contribution in [3.8, 4) is 0 Å². The second-order valence-electron chi connectivity index (χ2n) is 5.17. The standard InChI is InChI=1S/C20H18N2/c1-16-12-14-19(15-13-16)21-22-20(17-8-4-2-5-9-17)18-10-6-3-7-11-18/h2-15,21H,1H3. The molecule has 22 heavy (non-hydrogen) atoms. The highest BCUT2D eigenvalue weighted by Gasteiger charge is 2.06. The van der Waals surface area contributed by atoms with Crippen LogP contribution in [0.5, 0.6) is 0 Å². The average Bonchev–Trinajstić information content (AvgIpc) is 2.59. The second kappa shape index (κ2) is 6.72. The molecule has 108 valence electrons. The zero-order chi connectivity index (χ0) is 15.2. The third kappa shape index (κ3) is 3.41. The fraction of sp³-hybridized carbons (Fsp3) is 0.0500. The van der Waals surface area contributed by atoms with E-state index in [0.29, 0.717) is 0 Å². The van der Waals surface area contributed by atoms with Crippen LogP contribution >= 0.6 is 0 Å². The molecule has 0 radical (unpaired) electrons. The van der Waals surface area contributed by atoms with Gasteiger partial charge in [-0.05, 0) is 19.1 Å². The Kier molecular flexibility index (Phi) is 4.30. The van der Waals surface area contributed by atoms with Crippen LogP contribution in [0.2, 0.25) is 0 Å². The molecule has 3 rings (SSSR count). The van der Waals surface area contributed by atoms with E-state index in [0.717, 1.165) is 22.5 Å². The van der Waals surface area contributed by atoms with E-state index < -0.39 is 0 Å². The Bertz CT molecular complexity index is 703. The minimum atomic E-state index is 0.932. The first-order valence-corrected chi connectivity index (χ1v) is 7.34. The topological polar surface area (TPSA) is 24.4 Å². The van der Waals surface area contributed by atoms with Gasteiger partial charge >= 0.3 is 0 Å². The SMILES string of the molecule is Cc1ccc(NN=C(c2ccccc2)c2ccccc2)cc1. The van der Waals surface area contributed by atoms with E-state index in [1.807, 2.05) is 48.5 Å². The van der Waals surface area contributed by atoms with Gasteiger partial charge in [0.2, 0.25) is 0 Å². The fourth-order valence-corrected chi connectivity index (χ4v) is 2.24. The fourth-order valence-electron chi connectivity index (χ4n) is 2.24. The van der Waals surface area contributed by atoms with E-state index in [1.165, 1.54) is 5.56 Å². The molecule has 0 aliphatic rings. The van der Waals surface area contributed by atoms with Gasteiger partial charge in [-0.25, -0.2) is 0 Å². The Labute approximate surface area is 131 Å². The lowest BCUT2D eigenvalue weighted by Crippen LogP contribution is -2.06. The molecule has 1 N–H and O–H groups in total. The number of hydrogen-bond acceptors (Lipinski definition) is 2. The lowest BCUT2D eigenvalue weighted by Gasteiger charge is -2.08. The molecule has 0 fully saturated rings. The first kappa shape index (κ1) is 14.1. The molecule has 2 nitrogen and oxygen atoms in total. The molecular weight excluding hydrogens is 268 g/mol. The molecule has 3 aromatic carbocycles. The quantitative estimate of drug-likeness (QED) is 0.537. The molecule has 0 saturated carbocycles. The summed E-state index contributed by atoms with van der Waals surface area (Å²) in [5, 5.41) is 4.63. The van der Waals surface area contributed by atoms with Crippen molar-refractivity contribution in [1.82, 2.24) is 0 Å². The van der Waals surface area contributed by atoms with Crippen LogP contribution < -0.4 is 5.43 Å². The van der Waals surface area contributed by atoms with Crippen LogP contribution in [0.3, 0.4) is 0 Å². The van der Waals surface area contributed by atoms with E-state index >= 15 is 0 Å². The van der Waals surface area contributed by atoms with Crippen LogP contribution in [0, 0.1) is 6.92 Å². The number of hydrazone groups is 1. The van der Waals surface area contributed by atoms with Crippen LogP contribution in [0.1, 0.15) is 16.7 Å². The maximum Gasteiger partial charge on any atom is 0.0977 e. The number of nitrogens with one attached hydrogen (secondary N) is 1. The number of nitrogens with zero attached hydrogens (tertiary/aromatic N) is 1. The Morgan fingerprint density at radius 1 is 0.682 bits per heavy atom. The Hall–Kier alpha value is -2.87. The summed E-state index contributed by atoms with van der Waals surface area (Å²) in [6.45, 7) is 2.08. The van der Waals surface area contributed by atoms with Crippen molar-refractivity contribution < 1.29 is 0 Å². The van der Waals surface area contributed by atoms with E-state index in [4.69, 9.17) is 0 Å². The van der Waals surface area contributed by atoms with Gasteiger partial charge in [-0.2, -0.15) is 5.10 Å². The van der Waals surface area contributed by atoms with Crippen LogP contribution in [0.25, 0.3) is 0 Å². The highest BCUT2D eigenvalue weighted by atomic mass is 15.3. The molecule has 0 saturated heterocycles. The van der Waals surface area contributed by atoms with Crippen molar-refractivity contribution in [1.29, 1.82) is 0 Å². The second-order valence-corrected chi connectivity index (χ2v) is 5.17. The van der Waals surface area contributed by atoms with Crippen molar-refractivity contribution in [3.63, 3.8) is 0 Å². The van der Waals surface area contributed by atoms with Crippen molar-refractivity contribution in [2.24, 2.45) is 5.10 Å². The summed E-state index contributed by atoms with van der Waals surface area (Å²) < 4.78 is 0. The van der Waals surface area contributed by atoms with Gasteiger partial charge in [-0.1, -0.05) is 78.4 Å². The summed E-state index contributed by atoms with van der Waals surface area (Å²) >= 11 is 0. The summed E-state index contributed by atoms with van der Waals surface area (Å²) in [5.74, 6) is 0. The molecule has 0 aromatic heterocycles. The van der Waals surface area contributed by atoms with Crippen LogP contribution in [0.15, 0.2) is 90.0 Å². The number of hydrogen-bond donors (Lipinski definition) is 1. The minimum Gasteiger partial charge on any atom is -0.278 e. The smallest absolute Gasteiger partial charge is 0.0977 e. The zero-order valence-electron chi connectivity index (χ0n) is 12.5. The zero-order valence-corrected chi connectivity index (χ0v) is 12.5. The predicted molar refractivity (Wildman–Crippen MR) is 93.3 cm³/mol. The Morgan fingerprint density at radius 2 is 1.18 bits per heavy atom. The maximum absolute atomic E-state index is 4.63. The van der Waals surface area contributed by atoms with E-state index in [1.54, 1.807) is 0 Å². The normalized spacial score (nSPS) is 10.0. The van der Waals surface area contributed by atoms with Gasteiger partial charge in [0.05, 0.1) is 11.4 Å². The number of benzene rings is 3. The minimum absolute atomic E-state index is 0.932. The summed E-state index contributed by atoms with van der Waals surface area (Å²) in [6, 6.07) is 28.6. The van der Waals surface area contributed by atoms with Gasteiger partial charge in [0.25, 0.3) is 0 Å². The molecule has 0 aliphatic carbocycles. The molecular formula is C20H18N2. The van der Waals surface area contributed by atoms with Gasteiger partial charge in [0.15, 0.2) is 0 Å². The monoisotopic (exact) mass is 286 g/mol. The first-order valence-electron chi connectivity index (χ1n) is 7.34. The summed E-state index contributed by atoms with van der Waals surface area (Å²) in [5.41, 5.74) is 8.49. The maximum atomic E-state index is 4.63. The Morgan fingerprint density at radius 3 is 1.68 bits per heavy atom. The molecule has 0 unspecified atom stereocenters. The lowest BCUT2D eigenvalue weighted by molar-refractivity contribution is 1.31. The van der Waals surface area contributed by atoms with Gasteiger partial charge in [0, 0.05) is 11.1 Å².